The highest BCUT2D eigenvalue weighted by Crippen LogP contribution is 2.61. The van der Waals surface area contributed by atoms with E-state index in [-0.39, 0.29) is 23.2 Å². The summed E-state index contributed by atoms with van der Waals surface area (Å²) in [7, 11) is 0. The molecule has 0 N–H and O–H groups in total. The predicted octanol–water partition coefficient (Wildman–Crippen LogP) is 5.86. The van der Waals surface area contributed by atoms with Crippen molar-refractivity contribution in [2.75, 3.05) is 0 Å². The van der Waals surface area contributed by atoms with Crippen molar-refractivity contribution in [1.82, 2.24) is 10.0 Å². The maximum absolute atomic E-state index is 14.4. The second-order valence-electron chi connectivity index (χ2n) is 10.8. The predicted molar refractivity (Wildman–Crippen MR) is 153 cm³/mol. The van der Waals surface area contributed by atoms with E-state index in [0.717, 1.165) is 32.3 Å². The molecule has 1 aliphatic heterocycles. The van der Waals surface area contributed by atoms with E-state index in [1.54, 1.807) is 49.4 Å². The van der Waals surface area contributed by atoms with E-state index in [1.165, 1.54) is 12.1 Å². The third-order valence-electron chi connectivity index (χ3n) is 8.74. The molecule has 0 unspecified atom stereocenters. The quantitative estimate of drug-likeness (QED) is 0.226. The number of carbonyl (C=O) groups excluding carboxylic acids is 4. The first kappa shape index (κ1) is 25.4. The van der Waals surface area contributed by atoms with Crippen molar-refractivity contribution in [2.45, 2.75) is 24.8 Å². The monoisotopic (exact) mass is 560 g/mol. The molecule has 1 heterocycles. The van der Waals surface area contributed by atoms with Crippen molar-refractivity contribution in [3.63, 3.8) is 0 Å². The van der Waals surface area contributed by atoms with Gasteiger partial charge in [-0.15, -0.1) is 0 Å². The van der Waals surface area contributed by atoms with Gasteiger partial charge in [0.15, 0.2) is 5.78 Å². The number of nitrogens with zero attached hydrogens (tertiary/aromatic N) is 2. The van der Waals surface area contributed by atoms with Gasteiger partial charge in [-0.1, -0.05) is 90.5 Å². The second kappa shape index (κ2) is 9.53. The minimum Gasteiger partial charge on any atom is -0.292 e. The van der Waals surface area contributed by atoms with E-state index in [4.69, 9.17) is 11.6 Å². The van der Waals surface area contributed by atoms with Gasteiger partial charge in [-0.2, -0.15) is 5.01 Å². The van der Waals surface area contributed by atoms with Gasteiger partial charge in [0.25, 0.3) is 17.7 Å². The van der Waals surface area contributed by atoms with Crippen LogP contribution in [0.25, 0.3) is 0 Å². The summed E-state index contributed by atoms with van der Waals surface area (Å²) in [6.45, 7) is 1.56. The lowest BCUT2D eigenvalue weighted by molar-refractivity contribution is -0.156. The molecule has 1 fully saturated rings. The molecular weight excluding hydrogens is 536 g/mol. The smallest absolute Gasteiger partial charge is 0.273 e. The van der Waals surface area contributed by atoms with Gasteiger partial charge >= 0.3 is 0 Å². The second-order valence-corrected chi connectivity index (χ2v) is 11.3. The molecule has 41 heavy (non-hydrogen) atoms. The first-order chi connectivity index (χ1) is 19.9. The molecule has 0 spiro atoms. The summed E-state index contributed by atoms with van der Waals surface area (Å²) < 4.78 is 0. The molecule has 1 saturated heterocycles. The Labute approximate surface area is 242 Å². The fraction of sp³-hybridized carbons (Fsp3) is 0.176. The first-order valence-corrected chi connectivity index (χ1v) is 14.0. The topological polar surface area (TPSA) is 74.8 Å². The fourth-order valence-corrected chi connectivity index (χ4v) is 7.12. The Balaban J connectivity index is 1.36. The Bertz CT molecular complexity index is 1620. The van der Waals surface area contributed by atoms with E-state index in [1.807, 2.05) is 48.5 Å². The number of Topliss-reactive ketones (excluding diaryl/α,β-unsaturated/α-hetero) is 1. The number of ketones is 1. The number of hydrazine groups is 1. The van der Waals surface area contributed by atoms with Crippen LogP contribution in [0.1, 0.15) is 61.7 Å². The van der Waals surface area contributed by atoms with Crippen molar-refractivity contribution in [2.24, 2.45) is 11.8 Å². The van der Waals surface area contributed by atoms with Crippen molar-refractivity contribution < 1.29 is 19.2 Å². The van der Waals surface area contributed by atoms with Crippen molar-refractivity contribution in [3.05, 3.63) is 142 Å². The van der Waals surface area contributed by atoms with Crippen molar-refractivity contribution in [3.8, 4) is 0 Å². The highest BCUT2D eigenvalue weighted by molar-refractivity contribution is 6.30. The van der Waals surface area contributed by atoms with Crippen LogP contribution in [0.5, 0.6) is 0 Å². The molecule has 6 nitrogen and oxygen atoms in total. The summed E-state index contributed by atoms with van der Waals surface area (Å²) in [5, 5.41) is 2.47. The lowest BCUT2D eigenvalue weighted by Crippen LogP contribution is -2.56. The van der Waals surface area contributed by atoms with E-state index < -0.39 is 35.6 Å². The average Bonchev–Trinajstić information content (AvgIpc) is 3.27. The number of halogens is 1. The van der Waals surface area contributed by atoms with Gasteiger partial charge in [0.2, 0.25) is 0 Å². The molecule has 4 aromatic rings. The van der Waals surface area contributed by atoms with Gasteiger partial charge in [-0.25, -0.2) is 5.01 Å². The van der Waals surface area contributed by atoms with Gasteiger partial charge in [-0.3, -0.25) is 19.2 Å². The molecule has 7 heteroatoms. The Hall–Kier alpha value is -4.55. The third-order valence-corrected chi connectivity index (χ3v) is 9.00. The van der Waals surface area contributed by atoms with Crippen LogP contribution in [0.3, 0.4) is 0 Å². The number of amides is 3. The number of carbonyl (C=O) groups is 4. The summed E-state index contributed by atoms with van der Waals surface area (Å²) in [5.41, 5.74) is 4.72. The summed E-state index contributed by atoms with van der Waals surface area (Å²) in [6.07, 6.45) is 0. The lowest BCUT2D eigenvalue weighted by atomic mass is 9.55. The molecule has 202 valence electrons. The van der Waals surface area contributed by atoms with Gasteiger partial charge in [0.05, 0.1) is 11.8 Å². The first-order valence-electron chi connectivity index (χ1n) is 13.6. The SMILES string of the molecule is C[C@@H](C(=O)c1ccccc1)N(C(=O)c1ccc(Cl)cc1)N1C(=O)[C@@H]2C3c4ccccc4C(c4ccccc43)[C@@H]2C1=O. The maximum atomic E-state index is 14.4. The number of hydrogen-bond acceptors (Lipinski definition) is 4. The molecule has 3 atom stereocenters. The third kappa shape index (κ3) is 3.71. The molecule has 8 rings (SSSR count). The minimum atomic E-state index is -1.13. The number of imide groups is 1. The molecule has 3 amide bonds. The number of benzene rings is 4. The molecule has 0 saturated carbocycles. The molecule has 4 aliphatic rings. The largest absolute Gasteiger partial charge is 0.292 e. The summed E-state index contributed by atoms with van der Waals surface area (Å²) in [6, 6.07) is 29.6. The van der Waals surface area contributed by atoms with Gasteiger partial charge in [-0.05, 0) is 53.4 Å². The fourth-order valence-electron chi connectivity index (χ4n) is 6.99. The van der Waals surface area contributed by atoms with Crippen LogP contribution in [0, 0.1) is 11.8 Å². The normalized spacial score (nSPS) is 22.5. The highest BCUT2D eigenvalue weighted by atomic mass is 35.5. The van der Waals surface area contributed by atoms with Crippen LogP contribution in [0.2, 0.25) is 5.02 Å². The van der Waals surface area contributed by atoms with Crippen LogP contribution in [0.4, 0.5) is 0 Å². The van der Waals surface area contributed by atoms with Gasteiger partial charge < -0.3 is 0 Å². The average molecular weight is 561 g/mol. The molecule has 4 aromatic carbocycles. The molecule has 0 radical (unpaired) electrons. The molecule has 0 aromatic heterocycles. The standard InChI is InChI=1S/C34H25ClN2O4/c1-19(31(38)20-9-3-2-4-10-20)36(32(39)21-15-17-22(35)18-16-21)37-33(40)29-27-23-11-5-6-12-24(23)28(30(29)34(37)41)26-14-8-7-13-25(26)27/h2-19,27-30H,1H3/t19-,27?,28?,29-,30+/m0/s1. The molecular formula is C34H25ClN2O4. The zero-order valence-corrected chi connectivity index (χ0v) is 22.9. The summed E-state index contributed by atoms with van der Waals surface area (Å²) in [4.78, 5) is 56.7. The van der Waals surface area contributed by atoms with E-state index >= 15 is 0 Å². The number of hydrogen-bond donors (Lipinski definition) is 0. The zero-order valence-electron chi connectivity index (χ0n) is 22.1. The molecule has 2 bridgehead atoms. The Kier molecular flexibility index (Phi) is 5.91. The summed E-state index contributed by atoms with van der Waals surface area (Å²) >= 11 is 6.07. The minimum absolute atomic E-state index is 0.215. The van der Waals surface area contributed by atoms with E-state index in [9.17, 15) is 19.2 Å². The van der Waals surface area contributed by atoms with Crippen LogP contribution in [-0.4, -0.2) is 39.6 Å². The van der Waals surface area contributed by atoms with Crippen LogP contribution < -0.4 is 0 Å². The lowest BCUT2D eigenvalue weighted by Gasteiger charge is -2.45. The Morgan fingerprint density at radius 2 is 1.10 bits per heavy atom. The van der Waals surface area contributed by atoms with Crippen molar-refractivity contribution in [1.29, 1.82) is 0 Å². The highest BCUT2D eigenvalue weighted by Gasteiger charge is 2.63. The number of rotatable bonds is 5. The van der Waals surface area contributed by atoms with Crippen molar-refractivity contribution >= 4 is 35.1 Å². The van der Waals surface area contributed by atoms with Crippen LogP contribution in [-0.2, 0) is 9.59 Å². The summed E-state index contributed by atoms with van der Waals surface area (Å²) in [5.74, 6) is -3.95. The Morgan fingerprint density at radius 1 is 0.659 bits per heavy atom. The van der Waals surface area contributed by atoms with Gasteiger partial charge in [0.1, 0.15) is 6.04 Å². The maximum Gasteiger partial charge on any atom is 0.273 e. The van der Waals surface area contributed by atoms with E-state index in [2.05, 4.69) is 0 Å². The Morgan fingerprint density at radius 3 is 1.56 bits per heavy atom. The zero-order chi connectivity index (χ0) is 28.4. The van der Waals surface area contributed by atoms with E-state index in [0.29, 0.717) is 10.6 Å². The van der Waals surface area contributed by atoms with Crippen LogP contribution >= 0.6 is 11.6 Å². The molecule has 3 aliphatic carbocycles. The van der Waals surface area contributed by atoms with Crippen LogP contribution in [0.15, 0.2) is 103 Å². The van der Waals surface area contributed by atoms with Gasteiger partial charge in [0, 0.05) is 28.0 Å².